The highest BCUT2D eigenvalue weighted by Crippen LogP contribution is 2.18. The average molecular weight is 299 g/mol. The van der Waals surface area contributed by atoms with Gasteiger partial charge in [-0.1, -0.05) is 12.1 Å². The second kappa shape index (κ2) is 6.50. The summed E-state index contributed by atoms with van der Waals surface area (Å²) in [5, 5.41) is 3.30. The quantitative estimate of drug-likeness (QED) is 0.725. The van der Waals surface area contributed by atoms with E-state index >= 15 is 0 Å². The maximum Gasteiger partial charge on any atom is 0.180 e. The predicted octanol–water partition coefficient (Wildman–Crippen LogP) is 3.94. The van der Waals surface area contributed by atoms with Crippen LogP contribution < -0.4 is 5.32 Å². The van der Waals surface area contributed by atoms with Gasteiger partial charge in [0.1, 0.15) is 11.3 Å². The minimum absolute atomic E-state index is 0.640. The standard InChI is InChI=1S/C16H15ClN4/c17-8-2-4-12-3-1-5-13(11-12)20-15-7-6-14-16(21-15)19-10-9-18-14/h1,3,5-7,9-11H,2,4,8H2,(H,19,20,21). The summed E-state index contributed by atoms with van der Waals surface area (Å²) in [5.41, 5.74) is 3.71. The Morgan fingerprint density at radius 3 is 2.86 bits per heavy atom. The molecule has 2 heterocycles. The molecule has 5 heteroatoms. The number of hydrogen-bond donors (Lipinski definition) is 1. The Balaban J connectivity index is 1.81. The van der Waals surface area contributed by atoms with Crippen molar-refractivity contribution in [1.29, 1.82) is 0 Å². The Labute approximate surface area is 128 Å². The molecule has 0 aliphatic heterocycles. The van der Waals surface area contributed by atoms with Gasteiger partial charge < -0.3 is 5.32 Å². The first-order valence-electron chi connectivity index (χ1n) is 6.85. The molecule has 0 saturated carbocycles. The Hall–Kier alpha value is -2.20. The van der Waals surface area contributed by atoms with Crippen molar-refractivity contribution in [2.45, 2.75) is 12.8 Å². The second-order valence-electron chi connectivity index (χ2n) is 4.71. The van der Waals surface area contributed by atoms with Crippen molar-refractivity contribution < 1.29 is 0 Å². The van der Waals surface area contributed by atoms with Gasteiger partial charge in [-0.05, 0) is 42.7 Å². The molecule has 0 bridgehead atoms. The summed E-state index contributed by atoms with van der Waals surface area (Å²) in [6.07, 6.45) is 5.27. The number of aromatic nitrogens is 3. The molecule has 2 aromatic heterocycles. The van der Waals surface area contributed by atoms with E-state index in [0.717, 1.165) is 29.9 Å². The number of nitrogens with one attached hydrogen (secondary N) is 1. The van der Waals surface area contributed by atoms with Crippen LogP contribution in [0, 0.1) is 0 Å². The van der Waals surface area contributed by atoms with Crippen molar-refractivity contribution in [3.63, 3.8) is 0 Å². The molecule has 106 valence electrons. The molecular weight excluding hydrogens is 284 g/mol. The van der Waals surface area contributed by atoms with Gasteiger partial charge in [0.05, 0.1) is 0 Å². The van der Waals surface area contributed by atoms with E-state index in [0.29, 0.717) is 11.5 Å². The number of alkyl halides is 1. The van der Waals surface area contributed by atoms with E-state index in [-0.39, 0.29) is 0 Å². The molecule has 1 aromatic carbocycles. The van der Waals surface area contributed by atoms with E-state index in [4.69, 9.17) is 11.6 Å². The Kier molecular flexibility index (Phi) is 4.26. The van der Waals surface area contributed by atoms with Gasteiger partial charge in [0.25, 0.3) is 0 Å². The molecule has 0 unspecified atom stereocenters. The highest BCUT2D eigenvalue weighted by atomic mass is 35.5. The Bertz CT molecular complexity index is 745. The van der Waals surface area contributed by atoms with E-state index in [2.05, 4.69) is 32.4 Å². The molecule has 3 rings (SSSR count). The minimum Gasteiger partial charge on any atom is -0.340 e. The molecule has 0 aliphatic rings. The summed E-state index contributed by atoms with van der Waals surface area (Å²) < 4.78 is 0. The summed E-state index contributed by atoms with van der Waals surface area (Å²) in [6.45, 7) is 0. The fraction of sp³-hybridized carbons (Fsp3) is 0.188. The zero-order valence-electron chi connectivity index (χ0n) is 11.5. The van der Waals surface area contributed by atoms with E-state index in [1.165, 1.54) is 5.56 Å². The Morgan fingerprint density at radius 2 is 1.95 bits per heavy atom. The van der Waals surface area contributed by atoms with Crippen LogP contribution in [0.25, 0.3) is 11.2 Å². The first-order chi connectivity index (χ1) is 10.3. The maximum atomic E-state index is 5.74. The third kappa shape index (κ3) is 3.47. The molecule has 0 atom stereocenters. The molecule has 0 aliphatic carbocycles. The van der Waals surface area contributed by atoms with Gasteiger partial charge >= 0.3 is 0 Å². The lowest BCUT2D eigenvalue weighted by Gasteiger charge is -2.08. The summed E-state index contributed by atoms with van der Waals surface area (Å²) in [6, 6.07) is 12.1. The van der Waals surface area contributed by atoms with Gasteiger partial charge in [-0.15, -0.1) is 11.6 Å². The summed E-state index contributed by atoms with van der Waals surface area (Å²) in [4.78, 5) is 12.9. The van der Waals surface area contributed by atoms with Crippen molar-refractivity contribution in [3.05, 3.63) is 54.4 Å². The number of anilines is 2. The van der Waals surface area contributed by atoms with Crippen LogP contribution in [-0.4, -0.2) is 20.8 Å². The summed E-state index contributed by atoms with van der Waals surface area (Å²) in [5.74, 6) is 1.44. The molecule has 0 spiro atoms. The largest absolute Gasteiger partial charge is 0.340 e. The van der Waals surface area contributed by atoms with Crippen LogP contribution in [0.5, 0.6) is 0 Å². The van der Waals surface area contributed by atoms with Gasteiger partial charge in [-0.3, -0.25) is 4.98 Å². The fourth-order valence-corrected chi connectivity index (χ4v) is 2.28. The first-order valence-corrected chi connectivity index (χ1v) is 7.38. The van der Waals surface area contributed by atoms with Crippen LogP contribution in [0.1, 0.15) is 12.0 Å². The lowest BCUT2D eigenvalue weighted by atomic mass is 10.1. The minimum atomic E-state index is 0.640. The molecule has 0 fully saturated rings. The van der Waals surface area contributed by atoms with E-state index in [1.54, 1.807) is 12.4 Å². The number of fused-ring (bicyclic) bond motifs is 1. The smallest absolute Gasteiger partial charge is 0.180 e. The lowest BCUT2D eigenvalue weighted by Crippen LogP contribution is -1.96. The van der Waals surface area contributed by atoms with Gasteiger partial charge in [-0.25, -0.2) is 9.97 Å². The number of pyridine rings is 1. The maximum absolute atomic E-state index is 5.74. The number of aryl methyl sites for hydroxylation is 1. The lowest BCUT2D eigenvalue weighted by molar-refractivity contribution is 0.929. The third-order valence-electron chi connectivity index (χ3n) is 3.13. The van der Waals surface area contributed by atoms with Crippen LogP contribution in [-0.2, 0) is 6.42 Å². The monoisotopic (exact) mass is 298 g/mol. The zero-order chi connectivity index (χ0) is 14.5. The van der Waals surface area contributed by atoms with Gasteiger partial charge in [0.2, 0.25) is 0 Å². The number of rotatable bonds is 5. The molecule has 0 radical (unpaired) electrons. The van der Waals surface area contributed by atoms with E-state index in [1.807, 2.05) is 24.3 Å². The molecule has 3 aromatic rings. The normalized spacial score (nSPS) is 10.7. The van der Waals surface area contributed by atoms with E-state index in [9.17, 15) is 0 Å². The topological polar surface area (TPSA) is 50.7 Å². The van der Waals surface area contributed by atoms with Crippen molar-refractivity contribution in [1.82, 2.24) is 15.0 Å². The van der Waals surface area contributed by atoms with Crippen LogP contribution in [0.15, 0.2) is 48.8 Å². The van der Waals surface area contributed by atoms with Crippen LogP contribution in [0.3, 0.4) is 0 Å². The second-order valence-corrected chi connectivity index (χ2v) is 5.09. The van der Waals surface area contributed by atoms with E-state index < -0.39 is 0 Å². The molecule has 21 heavy (non-hydrogen) atoms. The molecule has 1 N–H and O–H groups in total. The van der Waals surface area contributed by atoms with Gasteiger partial charge in [0.15, 0.2) is 5.65 Å². The molecule has 0 saturated heterocycles. The number of benzene rings is 1. The SMILES string of the molecule is ClCCCc1cccc(Nc2ccc3nccnc3n2)c1. The molecule has 0 amide bonds. The van der Waals surface area contributed by atoms with Crippen molar-refractivity contribution in [2.24, 2.45) is 0 Å². The highest BCUT2D eigenvalue weighted by molar-refractivity contribution is 6.17. The van der Waals surface area contributed by atoms with Crippen LogP contribution in [0.2, 0.25) is 0 Å². The highest BCUT2D eigenvalue weighted by Gasteiger charge is 2.01. The van der Waals surface area contributed by atoms with Crippen LogP contribution >= 0.6 is 11.6 Å². The summed E-state index contributed by atoms with van der Waals surface area (Å²) in [7, 11) is 0. The zero-order valence-corrected chi connectivity index (χ0v) is 12.2. The predicted molar refractivity (Wildman–Crippen MR) is 86.1 cm³/mol. The van der Waals surface area contributed by atoms with Gasteiger partial charge in [-0.2, -0.15) is 0 Å². The number of nitrogens with zero attached hydrogens (tertiary/aromatic N) is 3. The van der Waals surface area contributed by atoms with Gasteiger partial charge in [0, 0.05) is 24.0 Å². The number of hydrogen-bond acceptors (Lipinski definition) is 4. The summed E-state index contributed by atoms with van der Waals surface area (Å²) >= 11 is 5.74. The average Bonchev–Trinajstić information content (AvgIpc) is 2.53. The van der Waals surface area contributed by atoms with Crippen molar-refractivity contribution in [2.75, 3.05) is 11.2 Å². The van der Waals surface area contributed by atoms with Crippen LogP contribution in [0.4, 0.5) is 11.5 Å². The first kappa shape index (κ1) is 13.8. The molecule has 4 nitrogen and oxygen atoms in total. The van der Waals surface area contributed by atoms with Crippen molar-refractivity contribution >= 4 is 34.3 Å². The third-order valence-corrected chi connectivity index (χ3v) is 3.40. The number of halogens is 1. The fourth-order valence-electron chi connectivity index (χ4n) is 2.15. The Morgan fingerprint density at radius 1 is 1.05 bits per heavy atom. The van der Waals surface area contributed by atoms with Crippen molar-refractivity contribution in [3.8, 4) is 0 Å². The molecular formula is C16H15ClN4.